The van der Waals surface area contributed by atoms with Gasteiger partial charge >= 0.3 is 6.18 Å². The molecule has 2 rings (SSSR count). The van der Waals surface area contributed by atoms with Crippen molar-refractivity contribution in [3.63, 3.8) is 0 Å². The van der Waals surface area contributed by atoms with Crippen LogP contribution in [0, 0.1) is 5.92 Å². The second kappa shape index (κ2) is 5.66. The SMILES string of the molecule is NC1CCCC1C(=O)N1CCN(CC(F)(F)F)CC1. The largest absolute Gasteiger partial charge is 0.401 e. The molecular formula is C12H20F3N3O. The fraction of sp³-hybridized carbons (Fsp3) is 0.917. The van der Waals surface area contributed by atoms with Gasteiger partial charge in [0.15, 0.2) is 0 Å². The highest BCUT2D eigenvalue weighted by molar-refractivity contribution is 5.80. The Balaban J connectivity index is 1.81. The Morgan fingerprint density at radius 3 is 2.26 bits per heavy atom. The zero-order valence-electron chi connectivity index (χ0n) is 10.8. The summed E-state index contributed by atoms with van der Waals surface area (Å²) in [5.41, 5.74) is 5.89. The number of amides is 1. The van der Waals surface area contributed by atoms with Gasteiger partial charge in [-0.05, 0) is 12.8 Å². The molecule has 0 radical (unpaired) electrons. The fourth-order valence-corrected chi connectivity index (χ4v) is 2.91. The summed E-state index contributed by atoms with van der Waals surface area (Å²) in [6, 6.07) is -0.0827. The van der Waals surface area contributed by atoms with Crippen LogP contribution in [0.25, 0.3) is 0 Å². The van der Waals surface area contributed by atoms with E-state index in [1.54, 1.807) is 4.90 Å². The van der Waals surface area contributed by atoms with Crippen LogP contribution in [-0.4, -0.2) is 60.6 Å². The Kier molecular flexibility index (Phi) is 4.35. The van der Waals surface area contributed by atoms with Crippen molar-refractivity contribution in [3.8, 4) is 0 Å². The van der Waals surface area contributed by atoms with E-state index in [0.717, 1.165) is 19.3 Å². The molecular weight excluding hydrogens is 259 g/mol. The maximum Gasteiger partial charge on any atom is 0.401 e. The molecule has 2 aliphatic rings. The van der Waals surface area contributed by atoms with Crippen molar-refractivity contribution < 1.29 is 18.0 Å². The Labute approximate surface area is 110 Å². The highest BCUT2D eigenvalue weighted by Crippen LogP contribution is 2.26. The topological polar surface area (TPSA) is 49.6 Å². The molecule has 1 heterocycles. The van der Waals surface area contributed by atoms with Gasteiger partial charge in [-0.3, -0.25) is 9.69 Å². The van der Waals surface area contributed by atoms with Gasteiger partial charge < -0.3 is 10.6 Å². The first-order chi connectivity index (χ1) is 8.87. The first-order valence-electron chi connectivity index (χ1n) is 6.70. The molecule has 0 aromatic carbocycles. The number of nitrogens with zero attached hydrogens (tertiary/aromatic N) is 2. The van der Waals surface area contributed by atoms with Crippen LogP contribution in [0.2, 0.25) is 0 Å². The van der Waals surface area contributed by atoms with Crippen molar-refractivity contribution in [3.05, 3.63) is 0 Å². The summed E-state index contributed by atoms with van der Waals surface area (Å²) in [6.45, 7) is 0.425. The molecule has 2 fully saturated rings. The van der Waals surface area contributed by atoms with Gasteiger partial charge in [0, 0.05) is 32.2 Å². The summed E-state index contributed by atoms with van der Waals surface area (Å²) in [4.78, 5) is 15.2. The molecule has 1 amide bonds. The molecule has 7 heteroatoms. The van der Waals surface area contributed by atoms with Gasteiger partial charge in [-0.2, -0.15) is 13.2 Å². The lowest BCUT2D eigenvalue weighted by Crippen LogP contribution is -2.53. The predicted octanol–water partition coefficient (Wildman–Crippen LogP) is 0.820. The summed E-state index contributed by atoms with van der Waals surface area (Å²) in [5, 5.41) is 0. The Hall–Kier alpha value is -0.820. The summed E-state index contributed by atoms with van der Waals surface area (Å²) in [5.74, 6) is -0.106. The molecule has 0 bridgehead atoms. The normalized spacial score (nSPS) is 29.8. The van der Waals surface area contributed by atoms with Crippen LogP contribution in [0.1, 0.15) is 19.3 Å². The van der Waals surface area contributed by atoms with Crippen LogP contribution in [-0.2, 0) is 4.79 Å². The van der Waals surface area contributed by atoms with Crippen molar-refractivity contribution in [1.82, 2.24) is 9.80 Å². The number of hydrogen-bond donors (Lipinski definition) is 1. The molecule has 1 saturated heterocycles. The van der Waals surface area contributed by atoms with Gasteiger partial charge in [-0.15, -0.1) is 0 Å². The molecule has 19 heavy (non-hydrogen) atoms. The van der Waals surface area contributed by atoms with E-state index < -0.39 is 12.7 Å². The quantitative estimate of drug-likeness (QED) is 0.814. The zero-order valence-corrected chi connectivity index (χ0v) is 10.8. The second-order valence-corrected chi connectivity index (χ2v) is 5.42. The minimum Gasteiger partial charge on any atom is -0.340 e. The van der Waals surface area contributed by atoms with Crippen LogP contribution >= 0.6 is 0 Å². The number of carbonyl (C=O) groups excluding carboxylic acids is 1. The molecule has 1 aliphatic carbocycles. The lowest BCUT2D eigenvalue weighted by Gasteiger charge is -2.36. The van der Waals surface area contributed by atoms with E-state index in [1.165, 1.54) is 4.90 Å². The monoisotopic (exact) mass is 279 g/mol. The van der Waals surface area contributed by atoms with Crippen molar-refractivity contribution in [1.29, 1.82) is 0 Å². The molecule has 0 aromatic rings. The van der Waals surface area contributed by atoms with Gasteiger partial charge in [0.05, 0.1) is 12.5 Å². The third kappa shape index (κ3) is 3.82. The maximum absolute atomic E-state index is 12.3. The Morgan fingerprint density at radius 2 is 1.79 bits per heavy atom. The van der Waals surface area contributed by atoms with E-state index >= 15 is 0 Å². The zero-order chi connectivity index (χ0) is 14.0. The third-order valence-corrected chi connectivity index (χ3v) is 3.97. The Morgan fingerprint density at radius 1 is 1.16 bits per heavy atom. The average Bonchev–Trinajstić information content (AvgIpc) is 2.73. The van der Waals surface area contributed by atoms with Crippen molar-refractivity contribution in [2.45, 2.75) is 31.5 Å². The number of piperazine rings is 1. The average molecular weight is 279 g/mol. The number of hydrogen-bond acceptors (Lipinski definition) is 3. The second-order valence-electron chi connectivity index (χ2n) is 5.42. The van der Waals surface area contributed by atoms with Crippen molar-refractivity contribution in [2.24, 2.45) is 11.7 Å². The van der Waals surface area contributed by atoms with E-state index in [2.05, 4.69) is 0 Å². The highest BCUT2D eigenvalue weighted by Gasteiger charge is 2.36. The molecule has 110 valence electrons. The molecule has 2 N–H and O–H groups in total. The minimum absolute atomic E-state index is 0.0247. The highest BCUT2D eigenvalue weighted by atomic mass is 19.4. The lowest BCUT2D eigenvalue weighted by atomic mass is 10.0. The van der Waals surface area contributed by atoms with Gasteiger partial charge in [-0.1, -0.05) is 6.42 Å². The van der Waals surface area contributed by atoms with Crippen LogP contribution in [0.15, 0.2) is 0 Å². The minimum atomic E-state index is -4.17. The lowest BCUT2D eigenvalue weighted by molar-refractivity contribution is -0.152. The first-order valence-corrected chi connectivity index (χ1v) is 6.70. The number of nitrogens with two attached hydrogens (primary N) is 1. The molecule has 4 nitrogen and oxygen atoms in total. The van der Waals surface area contributed by atoms with Gasteiger partial charge in [0.1, 0.15) is 0 Å². The standard InChI is InChI=1S/C12H20F3N3O/c13-12(14,15)8-17-4-6-18(7-5-17)11(19)9-2-1-3-10(9)16/h9-10H,1-8,16H2. The molecule has 1 aliphatic heterocycles. The number of carbonyl (C=O) groups is 1. The Bertz CT molecular complexity index is 327. The number of rotatable bonds is 2. The fourth-order valence-electron chi connectivity index (χ4n) is 2.91. The van der Waals surface area contributed by atoms with E-state index in [0.29, 0.717) is 13.1 Å². The molecule has 0 spiro atoms. The molecule has 1 saturated carbocycles. The predicted molar refractivity (Wildman–Crippen MR) is 64.4 cm³/mol. The van der Waals surface area contributed by atoms with Crippen LogP contribution in [0.3, 0.4) is 0 Å². The van der Waals surface area contributed by atoms with E-state index in [9.17, 15) is 18.0 Å². The molecule has 2 atom stereocenters. The maximum atomic E-state index is 12.3. The van der Waals surface area contributed by atoms with E-state index in [1.807, 2.05) is 0 Å². The first kappa shape index (κ1) is 14.6. The summed E-state index contributed by atoms with van der Waals surface area (Å²) in [7, 11) is 0. The van der Waals surface area contributed by atoms with Crippen LogP contribution in [0.4, 0.5) is 13.2 Å². The summed E-state index contributed by atoms with van der Waals surface area (Å²) >= 11 is 0. The van der Waals surface area contributed by atoms with Gasteiger partial charge in [0.2, 0.25) is 5.91 Å². The smallest absolute Gasteiger partial charge is 0.340 e. The van der Waals surface area contributed by atoms with Gasteiger partial charge in [0.25, 0.3) is 0 Å². The van der Waals surface area contributed by atoms with Crippen LogP contribution < -0.4 is 5.73 Å². The summed E-state index contributed by atoms with van der Waals surface area (Å²) < 4.78 is 36.8. The summed E-state index contributed by atoms with van der Waals surface area (Å²) in [6.07, 6.45) is -1.53. The van der Waals surface area contributed by atoms with E-state index in [4.69, 9.17) is 5.73 Å². The van der Waals surface area contributed by atoms with Crippen LogP contribution in [0.5, 0.6) is 0 Å². The van der Waals surface area contributed by atoms with E-state index in [-0.39, 0.29) is 31.0 Å². The van der Waals surface area contributed by atoms with Crippen molar-refractivity contribution in [2.75, 3.05) is 32.7 Å². The third-order valence-electron chi connectivity index (χ3n) is 3.97. The molecule has 0 aromatic heterocycles. The van der Waals surface area contributed by atoms with Crippen molar-refractivity contribution >= 4 is 5.91 Å². The van der Waals surface area contributed by atoms with Gasteiger partial charge in [-0.25, -0.2) is 0 Å². The molecule has 2 unspecified atom stereocenters. The number of alkyl halides is 3. The number of halogens is 3.